The quantitative estimate of drug-likeness (QED) is 0.610. The molecule has 0 radical (unpaired) electrons. The van der Waals surface area contributed by atoms with Crippen molar-refractivity contribution in [1.82, 2.24) is 0 Å². The van der Waals surface area contributed by atoms with E-state index in [1.165, 1.54) is 0 Å². The Labute approximate surface area is 122 Å². The number of carbonyl (C=O) groups is 2. The first-order valence-corrected chi connectivity index (χ1v) is 7.13. The molecule has 0 heterocycles. The van der Waals surface area contributed by atoms with Crippen LogP contribution in [0.3, 0.4) is 0 Å². The summed E-state index contributed by atoms with van der Waals surface area (Å²) in [4.78, 5) is 22.5. The summed E-state index contributed by atoms with van der Waals surface area (Å²) in [5.41, 5.74) is 0.214. The second-order valence-electron chi connectivity index (χ2n) is 6.27. The van der Waals surface area contributed by atoms with E-state index < -0.39 is 11.9 Å². The topological polar surface area (TPSA) is 61.8 Å². The van der Waals surface area contributed by atoms with E-state index >= 15 is 0 Å². The van der Waals surface area contributed by atoms with Gasteiger partial charge in [-0.25, -0.2) is 9.59 Å². The van der Waals surface area contributed by atoms with Crippen LogP contribution in [0.15, 0.2) is 0 Å². The smallest absolute Gasteiger partial charge is 0.332 e. The molecule has 1 atom stereocenters. The highest BCUT2D eigenvalue weighted by Crippen LogP contribution is 2.24. The molecule has 0 N–H and O–H groups in total. The first-order valence-electron chi connectivity index (χ1n) is 7.13. The average molecular weight is 288 g/mol. The number of hydrogen-bond donors (Lipinski definition) is 0. The van der Waals surface area contributed by atoms with Crippen molar-refractivity contribution >= 4 is 11.9 Å². The molecule has 0 bridgehead atoms. The zero-order valence-corrected chi connectivity index (χ0v) is 13.4. The molecule has 0 aliphatic rings. The molecule has 0 saturated carbocycles. The fraction of sp³-hybridized carbons (Fsp3) is 0.867. The van der Waals surface area contributed by atoms with Gasteiger partial charge in [-0.2, -0.15) is 0 Å². The molecule has 0 aromatic rings. The summed E-state index contributed by atoms with van der Waals surface area (Å²) in [6, 6.07) is 0. The average Bonchev–Trinajstić information content (AvgIpc) is 2.31. The van der Waals surface area contributed by atoms with Crippen molar-refractivity contribution in [2.45, 2.75) is 47.5 Å². The molecule has 0 aromatic heterocycles. The summed E-state index contributed by atoms with van der Waals surface area (Å²) < 4.78 is 14.8. The molecule has 0 aliphatic carbocycles. The molecule has 0 fully saturated rings. The third kappa shape index (κ3) is 12.0. The van der Waals surface area contributed by atoms with E-state index in [1.54, 1.807) is 0 Å². The maximum Gasteiger partial charge on any atom is 0.332 e. The molecule has 5 heteroatoms. The van der Waals surface area contributed by atoms with Gasteiger partial charge in [0, 0.05) is 0 Å². The fourth-order valence-corrected chi connectivity index (χ4v) is 1.86. The van der Waals surface area contributed by atoms with E-state index in [0.717, 1.165) is 12.8 Å². The van der Waals surface area contributed by atoms with Gasteiger partial charge in [0.05, 0.1) is 13.2 Å². The van der Waals surface area contributed by atoms with Crippen molar-refractivity contribution in [3.8, 4) is 0 Å². The summed E-state index contributed by atoms with van der Waals surface area (Å²) in [7, 11) is 0. The normalized spacial score (nSPS) is 12.8. The number of ether oxygens (including phenoxy) is 3. The van der Waals surface area contributed by atoms with E-state index in [1.807, 2.05) is 13.8 Å². The predicted molar refractivity (Wildman–Crippen MR) is 76.3 cm³/mol. The third-order valence-electron chi connectivity index (χ3n) is 2.40. The molecule has 20 heavy (non-hydrogen) atoms. The Hall–Kier alpha value is -1.10. The largest absolute Gasteiger partial charge is 0.464 e. The lowest BCUT2D eigenvalue weighted by atomic mass is 9.86. The first kappa shape index (κ1) is 18.9. The second-order valence-corrected chi connectivity index (χ2v) is 6.27. The summed E-state index contributed by atoms with van der Waals surface area (Å²) in [5.74, 6) is -0.608. The van der Waals surface area contributed by atoms with Crippen LogP contribution < -0.4 is 0 Å². The number of rotatable bonds is 9. The van der Waals surface area contributed by atoms with Gasteiger partial charge in [-0.1, -0.05) is 34.6 Å². The number of esters is 2. The van der Waals surface area contributed by atoms with Crippen LogP contribution in [0.5, 0.6) is 0 Å². The first-order chi connectivity index (χ1) is 9.24. The van der Waals surface area contributed by atoms with Gasteiger partial charge in [-0.3, -0.25) is 0 Å². The van der Waals surface area contributed by atoms with Gasteiger partial charge in [0.1, 0.15) is 13.2 Å². The van der Waals surface area contributed by atoms with Crippen molar-refractivity contribution in [2.24, 2.45) is 11.3 Å². The SMILES string of the molecule is CCCOC(=O)COCC(=O)OCC(C)CC(C)(C)C. The Morgan fingerprint density at radius 2 is 1.60 bits per heavy atom. The Morgan fingerprint density at radius 1 is 1.05 bits per heavy atom. The van der Waals surface area contributed by atoms with Crippen molar-refractivity contribution in [3.05, 3.63) is 0 Å². The standard InChI is InChI=1S/C15H28O5/c1-6-7-19-13(16)10-18-11-14(17)20-9-12(2)8-15(3,4)5/h12H,6-11H2,1-5H3. The van der Waals surface area contributed by atoms with E-state index in [-0.39, 0.29) is 18.6 Å². The predicted octanol–water partition coefficient (Wildman–Crippen LogP) is 2.57. The number of hydrogen-bond acceptors (Lipinski definition) is 5. The van der Waals surface area contributed by atoms with Crippen LogP contribution in [0, 0.1) is 11.3 Å². The monoisotopic (exact) mass is 288 g/mol. The maximum absolute atomic E-state index is 11.4. The molecular formula is C15H28O5. The van der Waals surface area contributed by atoms with E-state index in [9.17, 15) is 9.59 Å². The van der Waals surface area contributed by atoms with E-state index in [2.05, 4.69) is 20.8 Å². The highest BCUT2D eigenvalue weighted by molar-refractivity contribution is 5.73. The second kappa shape index (κ2) is 9.75. The Balaban J connectivity index is 3.66. The van der Waals surface area contributed by atoms with Gasteiger partial charge in [-0.15, -0.1) is 0 Å². The van der Waals surface area contributed by atoms with Crippen LogP contribution in [-0.2, 0) is 23.8 Å². The van der Waals surface area contributed by atoms with Crippen LogP contribution in [0.1, 0.15) is 47.5 Å². The van der Waals surface area contributed by atoms with Crippen LogP contribution in [0.25, 0.3) is 0 Å². The zero-order valence-electron chi connectivity index (χ0n) is 13.4. The number of carbonyl (C=O) groups excluding carboxylic acids is 2. The molecule has 5 nitrogen and oxygen atoms in total. The fourth-order valence-electron chi connectivity index (χ4n) is 1.86. The van der Waals surface area contributed by atoms with Crippen molar-refractivity contribution in [2.75, 3.05) is 26.4 Å². The maximum atomic E-state index is 11.4. The minimum Gasteiger partial charge on any atom is -0.464 e. The van der Waals surface area contributed by atoms with Crippen LogP contribution in [-0.4, -0.2) is 38.4 Å². The lowest BCUT2D eigenvalue weighted by molar-refractivity contribution is -0.156. The minimum absolute atomic E-state index is 0.214. The molecule has 118 valence electrons. The summed E-state index contributed by atoms with van der Waals surface area (Å²) in [6.45, 7) is 10.7. The molecule has 1 unspecified atom stereocenters. The Morgan fingerprint density at radius 3 is 2.10 bits per heavy atom. The zero-order chi connectivity index (χ0) is 15.6. The molecule has 0 rings (SSSR count). The summed E-state index contributed by atoms with van der Waals surface area (Å²) in [6.07, 6.45) is 1.74. The van der Waals surface area contributed by atoms with Gasteiger partial charge >= 0.3 is 11.9 Å². The van der Waals surface area contributed by atoms with Crippen molar-refractivity contribution in [1.29, 1.82) is 0 Å². The van der Waals surface area contributed by atoms with Gasteiger partial charge in [0.25, 0.3) is 0 Å². The van der Waals surface area contributed by atoms with Crippen molar-refractivity contribution < 1.29 is 23.8 Å². The molecule has 0 aliphatic heterocycles. The van der Waals surface area contributed by atoms with Crippen LogP contribution in [0.4, 0.5) is 0 Å². The summed E-state index contributed by atoms with van der Waals surface area (Å²) >= 11 is 0. The third-order valence-corrected chi connectivity index (χ3v) is 2.40. The Kier molecular flexibility index (Phi) is 9.21. The van der Waals surface area contributed by atoms with Gasteiger partial charge in [0.15, 0.2) is 0 Å². The van der Waals surface area contributed by atoms with Gasteiger partial charge in [-0.05, 0) is 24.2 Å². The lowest BCUT2D eigenvalue weighted by Crippen LogP contribution is -2.22. The van der Waals surface area contributed by atoms with Gasteiger partial charge in [0.2, 0.25) is 0 Å². The molecule has 0 saturated heterocycles. The van der Waals surface area contributed by atoms with Crippen molar-refractivity contribution in [3.63, 3.8) is 0 Å². The van der Waals surface area contributed by atoms with Crippen LogP contribution in [0.2, 0.25) is 0 Å². The Bertz CT molecular complexity index is 293. The highest BCUT2D eigenvalue weighted by Gasteiger charge is 2.16. The van der Waals surface area contributed by atoms with Crippen LogP contribution >= 0.6 is 0 Å². The molecular weight excluding hydrogens is 260 g/mol. The lowest BCUT2D eigenvalue weighted by Gasteiger charge is -2.22. The summed E-state index contributed by atoms with van der Waals surface area (Å²) in [5, 5.41) is 0. The molecule has 0 aromatic carbocycles. The highest BCUT2D eigenvalue weighted by atomic mass is 16.6. The van der Waals surface area contributed by atoms with Gasteiger partial charge < -0.3 is 14.2 Å². The molecule has 0 amide bonds. The minimum atomic E-state index is -0.458. The van der Waals surface area contributed by atoms with E-state index in [4.69, 9.17) is 14.2 Å². The van der Waals surface area contributed by atoms with E-state index in [0.29, 0.717) is 19.1 Å². The molecule has 0 spiro atoms.